The van der Waals surface area contributed by atoms with Crippen molar-refractivity contribution in [3.8, 4) is 11.5 Å². The second-order valence-electron chi connectivity index (χ2n) is 4.05. The SMILES string of the molecule is CCCc1cc(CNCC(=O)O)c(O)c(OC)c1. The number of methoxy groups -OCH3 is 1. The molecule has 0 aromatic heterocycles. The highest BCUT2D eigenvalue weighted by Crippen LogP contribution is 2.31. The Balaban J connectivity index is 2.86. The molecule has 1 aromatic rings. The van der Waals surface area contributed by atoms with E-state index in [-0.39, 0.29) is 12.3 Å². The average molecular weight is 253 g/mol. The van der Waals surface area contributed by atoms with Crippen LogP contribution in [-0.4, -0.2) is 29.8 Å². The molecule has 0 fully saturated rings. The van der Waals surface area contributed by atoms with Gasteiger partial charge in [-0.2, -0.15) is 0 Å². The number of carbonyl (C=O) groups is 1. The van der Waals surface area contributed by atoms with Gasteiger partial charge in [-0.25, -0.2) is 0 Å². The van der Waals surface area contributed by atoms with Crippen molar-refractivity contribution < 1.29 is 19.7 Å². The largest absolute Gasteiger partial charge is 0.504 e. The lowest BCUT2D eigenvalue weighted by molar-refractivity contribution is -0.136. The average Bonchev–Trinajstić information content (AvgIpc) is 2.32. The Morgan fingerprint density at radius 3 is 2.72 bits per heavy atom. The summed E-state index contributed by atoms with van der Waals surface area (Å²) in [5, 5.41) is 21.2. The number of aryl methyl sites for hydroxylation is 1. The lowest BCUT2D eigenvalue weighted by Gasteiger charge is -2.12. The minimum atomic E-state index is -0.925. The standard InChI is InChI=1S/C13H19NO4/c1-3-4-9-5-10(7-14-8-12(15)16)13(17)11(6-9)18-2/h5-6,14,17H,3-4,7-8H2,1-2H3,(H,15,16). The summed E-state index contributed by atoms with van der Waals surface area (Å²) in [5.41, 5.74) is 1.72. The molecule has 0 aliphatic carbocycles. The highest BCUT2D eigenvalue weighted by molar-refractivity contribution is 5.69. The Hall–Kier alpha value is -1.75. The Kier molecular flexibility index (Phi) is 5.45. The van der Waals surface area contributed by atoms with Gasteiger partial charge in [0.2, 0.25) is 0 Å². The van der Waals surface area contributed by atoms with Gasteiger partial charge in [0.15, 0.2) is 11.5 Å². The van der Waals surface area contributed by atoms with E-state index in [0.29, 0.717) is 17.9 Å². The van der Waals surface area contributed by atoms with Crippen molar-refractivity contribution in [3.63, 3.8) is 0 Å². The molecular formula is C13H19NO4. The molecule has 100 valence electrons. The summed E-state index contributed by atoms with van der Waals surface area (Å²) in [5.74, 6) is -0.436. The lowest BCUT2D eigenvalue weighted by atomic mass is 10.0. The van der Waals surface area contributed by atoms with Crippen molar-refractivity contribution in [2.24, 2.45) is 0 Å². The molecule has 3 N–H and O–H groups in total. The molecule has 0 amide bonds. The summed E-state index contributed by atoms with van der Waals surface area (Å²) < 4.78 is 5.11. The predicted octanol–water partition coefficient (Wildman–Crippen LogP) is 1.53. The van der Waals surface area contributed by atoms with Gasteiger partial charge >= 0.3 is 5.97 Å². The van der Waals surface area contributed by atoms with Crippen LogP contribution in [-0.2, 0) is 17.8 Å². The van der Waals surface area contributed by atoms with Gasteiger partial charge in [0.1, 0.15) is 0 Å². The summed E-state index contributed by atoms with van der Waals surface area (Å²) in [6.07, 6.45) is 1.89. The van der Waals surface area contributed by atoms with Crippen molar-refractivity contribution >= 4 is 5.97 Å². The summed E-state index contributed by atoms with van der Waals surface area (Å²) in [7, 11) is 1.50. The molecule has 0 spiro atoms. The third kappa shape index (κ3) is 3.92. The number of benzene rings is 1. The van der Waals surface area contributed by atoms with E-state index in [1.165, 1.54) is 7.11 Å². The van der Waals surface area contributed by atoms with E-state index in [1.807, 2.05) is 6.07 Å². The minimum Gasteiger partial charge on any atom is -0.504 e. The smallest absolute Gasteiger partial charge is 0.317 e. The molecule has 1 rings (SSSR count). The first kappa shape index (κ1) is 14.3. The van der Waals surface area contributed by atoms with E-state index in [2.05, 4.69) is 12.2 Å². The van der Waals surface area contributed by atoms with Crippen LogP contribution in [0.1, 0.15) is 24.5 Å². The fourth-order valence-electron chi connectivity index (χ4n) is 1.76. The third-order valence-electron chi connectivity index (χ3n) is 2.56. The summed E-state index contributed by atoms with van der Waals surface area (Å²) >= 11 is 0. The molecule has 0 saturated carbocycles. The van der Waals surface area contributed by atoms with E-state index in [4.69, 9.17) is 9.84 Å². The quantitative estimate of drug-likeness (QED) is 0.686. The number of rotatable bonds is 7. The van der Waals surface area contributed by atoms with Gasteiger partial charge in [0.25, 0.3) is 0 Å². The molecular weight excluding hydrogens is 234 g/mol. The van der Waals surface area contributed by atoms with Crippen LogP contribution in [0.15, 0.2) is 12.1 Å². The van der Waals surface area contributed by atoms with Crippen LogP contribution in [0.5, 0.6) is 11.5 Å². The Labute approximate surface area is 106 Å². The first-order chi connectivity index (χ1) is 8.58. The van der Waals surface area contributed by atoms with E-state index in [9.17, 15) is 9.90 Å². The van der Waals surface area contributed by atoms with E-state index in [0.717, 1.165) is 18.4 Å². The zero-order chi connectivity index (χ0) is 13.5. The topological polar surface area (TPSA) is 78.8 Å². The second kappa shape index (κ2) is 6.86. The zero-order valence-electron chi connectivity index (χ0n) is 10.7. The van der Waals surface area contributed by atoms with Crippen molar-refractivity contribution in [1.29, 1.82) is 0 Å². The van der Waals surface area contributed by atoms with Crippen LogP contribution in [0.4, 0.5) is 0 Å². The highest BCUT2D eigenvalue weighted by atomic mass is 16.5. The van der Waals surface area contributed by atoms with Gasteiger partial charge in [-0.1, -0.05) is 19.4 Å². The predicted molar refractivity (Wildman–Crippen MR) is 68.0 cm³/mol. The van der Waals surface area contributed by atoms with Crippen LogP contribution in [0, 0.1) is 0 Å². The molecule has 1 aromatic carbocycles. The number of carboxylic acids is 1. The number of phenolic OH excluding ortho intramolecular Hbond substituents is 1. The molecule has 0 atom stereocenters. The number of ether oxygens (including phenoxy) is 1. The first-order valence-electron chi connectivity index (χ1n) is 5.89. The van der Waals surface area contributed by atoms with Crippen molar-refractivity contribution in [2.45, 2.75) is 26.3 Å². The Morgan fingerprint density at radius 1 is 1.44 bits per heavy atom. The molecule has 18 heavy (non-hydrogen) atoms. The Morgan fingerprint density at radius 2 is 2.17 bits per heavy atom. The molecule has 0 heterocycles. The normalized spacial score (nSPS) is 10.3. The first-order valence-corrected chi connectivity index (χ1v) is 5.89. The van der Waals surface area contributed by atoms with Crippen molar-refractivity contribution in [1.82, 2.24) is 5.32 Å². The molecule has 0 aliphatic rings. The zero-order valence-corrected chi connectivity index (χ0v) is 10.7. The Bertz CT molecular complexity index is 418. The van der Waals surface area contributed by atoms with Gasteiger partial charge in [-0.05, 0) is 18.1 Å². The van der Waals surface area contributed by atoms with Crippen LogP contribution in [0.3, 0.4) is 0 Å². The van der Waals surface area contributed by atoms with Crippen LogP contribution >= 0.6 is 0 Å². The molecule has 0 aliphatic heterocycles. The summed E-state index contributed by atoms with van der Waals surface area (Å²) in [6, 6.07) is 3.68. The maximum atomic E-state index is 10.4. The second-order valence-corrected chi connectivity index (χ2v) is 4.05. The van der Waals surface area contributed by atoms with Crippen LogP contribution < -0.4 is 10.1 Å². The van der Waals surface area contributed by atoms with Gasteiger partial charge in [0, 0.05) is 12.1 Å². The van der Waals surface area contributed by atoms with E-state index >= 15 is 0 Å². The molecule has 5 nitrogen and oxygen atoms in total. The van der Waals surface area contributed by atoms with Gasteiger partial charge in [-0.3, -0.25) is 4.79 Å². The highest BCUT2D eigenvalue weighted by Gasteiger charge is 2.10. The lowest BCUT2D eigenvalue weighted by Crippen LogP contribution is -2.22. The molecule has 0 unspecified atom stereocenters. The van der Waals surface area contributed by atoms with Crippen LogP contribution in [0.2, 0.25) is 0 Å². The van der Waals surface area contributed by atoms with Crippen molar-refractivity contribution in [3.05, 3.63) is 23.3 Å². The maximum Gasteiger partial charge on any atom is 0.317 e. The van der Waals surface area contributed by atoms with Crippen LogP contribution in [0.25, 0.3) is 0 Å². The number of aliphatic carboxylic acids is 1. The number of hydrogen-bond donors (Lipinski definition) is 3. The fraction of sp³-hybridized carbons (Fsp3) is 0.462. The third-order valence-corrected chi connectivity index (χ3v) is 2.56. The monoisotopic (exact) mass is 253 g/mol. The van der Waals surface area contributed by atoms with Gasteiger partial charge in [-0.15, -0.1) is 0 Å². The summed E-state index contributed by atoms with van der Waals surface area (Å²) in [6.45, 7) is 2.23. The van der Waals surface area contributed by atoms with Gasteiger partial charge < -0.3 is 20.3 Å². The molecule has 0 saturated heterocycles. The van der Waals surface area contributed by atoms with Crippen molar-refractivity contribution in [2.75, 3.05) is 13.7 Å². The summed E-state index contributed by atoms with van der Waals surface area (Å²) in [4.78, 5) is 10.4. The number of aromatic hydroxyl groups is 1. The molecule has 5 heteroatoms. The molecule has 0 radical (unpaired) electrons. The molecule has 0 bridgehead atoms. The minimum absolute atomic E-state index is 0.0650. The fourth-order valence-corrected chi connectivity index (χ4v) is 1.76. The number of carboxylic acid groups (broad SMARTS) is 1. The number of hydrogen-bond acceptors (Lipinski definition) is 4. The number of phenols is 1. The van der Waals surface area contributed by atoms with E-state index < -0.39 is 5.97 Å². The van der Waals surface area contributed by atoms with Gasteiger partial charge in [0.05, 0.1) is 13.7 Å². The number of nitrogens with one attached hydrogen (secondary N) is 1. The maximum absolute atomic E-state index is 10.4. The van der Waals surface area contributed by atoms with E-state index in [1.54, 1.807) is 6.07 Å².